The smallest absolute Gasteiger partial charge is 0.307 e. The summed E-state index contributed by atoms with van der Waals surface area (Å²) < 4.78 is 0. The highest BCUT2D eigenvalue weighted by molar-refractivity contribution is 5.78. The number of carboxylic acids is 1. The lowest BCUT2D eigenvalue weighted by Crippen LogP contribution is -2.09. The monoisotopic (exact) mass is 369 g/mol. The number of aliphatic hydroxyl groups is 1. The Hall–Kier alpha value is -2.75. The van der Waals surface area contributed by atoms with Gasteiger partial charge in [0, 0.05) is 11.3 Å². The average molecular weight is 370 g/mol. The van der Waals surface area contributed by atoms with Gasteiger partial charge in [-0.05, 0) is 42.4 Å². The molecule has 1 rings (SSSR count). The summed E-state index contributed by atoms with van der Waals surface area (Å²) in [6, 6.07) is 5.51. The molecule has 0 aliphatic carbocycles. The molecule has 1 aromatic carbocycles. The van der Waals surface area contributed by atoms with Crippen LogP contribution in [0, 0.1) is 11.8 Å². The number of carbonyl (C=O) groups is 1. The van der Waals surface area contributed by atoms with E-state index in [0.29, 0.717) is 11.6 Å². The van der Waals surface area contributed by atoms with Crippen molar-refractivity contribution in [3.8, 4) is 0 Å². The molecule has 0 aliphatic heterocycles. The normalized spacial score (nSPS) is 14.8. The number of benzene rings is 1. The van der Waals surface area contributed by atoms with Crippen molar-refractivity contribution >= 4 is 17.7 Å². The summed E-state index contributed by atoms with van der Waals surface area (Å²) in [6.45, 7) is 12.0. The fourth-order valence-corrected chi connectivity index (χ4v) is 2.82. The maximum atomic E-state index is 11.2. The van der Waals surface area contributed by atoms with E-state index in [0.717, 1.165) is 35.1 Å². The molecule has 27 heavy (non-hydrogen) atoms. The Balaban J connectivity index is 3.28. The molecule has 3 N–H and O–H groups in total. The molecule has 0 aromatic heterocycles. The summed E-state index contributed by atoms with van der Waals surface area (Å²) in [5, 5.41) is 22.3. The van der Waals surface area contributed by atoms with Crippen LogP contribution in [0.5, 0.6) is 0 Å². The number of carboxylic acid groups (broad SMARTS) is 1. The van der Waals surface area contributed by atoms with Crippen molar-refractivity contribution in [1.82, 2.24) is 0 Å². The van der Waals surface area contributed by atoms with E-state index in [1.54, 1.807) is 6.07 Å². The van der Waals surface area contributed by atoms with Crippen LogP contribution in [0.3, 0.4) is 0 Å². The van der Waals surface area contributed by atoms with E-state index < -0.39 is 5.97 Å². The standard InChI is InChI=1S/C23H31NO3/c1-6-10-20-19(14-23(26)27)11-9-12-21(20)24-22(15-25)18(8-3)13-17(5)16(4)7-2/h6-7,9-13,15-17,24-25H,2,8,14H2,1,3-5H3,(H,26,27)/b10-6+,18-13+,22-15?. The summed E-state index contributed by atoms with van der Waals surface area (Å²) in [4.78, 5) is 11.2. The van der Waals surface area contributed by atoms with Gasteiger partial charge in [0.1, 0.15) is 6.26 Å². The van der Waals surface area contributed by atoms with Crippen LogP contribution in [0.15, 0.2) is 60.5 Å². The van der Waals surface area contributed by atoms with Crippen molar-refractivity contribution in [3.05, 3.63) is 71.7 Å². The van der Waals surface area contributed by atoms with Crippen molar-refractivity contribution < 1.29 is 15.0 Å². The van der Waals surface area contributed by atoms with Gasteiger partial charge >= 0.3 is 5.97 Å². The highest BCUT2D eigenvalue weighted by atomic mass is 16.4. The number of allylic oxidation sites excluding steroid dienone is 4. The van der Waals surface area contributed by atoms with Crippen molar-refractivity contribution in [2.45, 2.75) is 40.5 Å². The molecule has 0 radical (unpaired) electrons. The summed E-state index contributed by atoms with van der Waals surface area (Å²) in [5.74, 6) is -0.274. The van der Waals surface area contributed by atoms with Gasteiger partial charge in [0.05, 0.1) is 12.1 Å². The zero-order valence-electron chi connectivity index (χ0n) is 16.7. The SMILES string of the molecule is C=CC(C)C(C)/C=C(\CC)C(=CO)Nc1cccc(CC(=O)O)c1/C=C/C. The van der Waals surface area contributed by atoms with Crippen molar-refractivity contribution in [2.75, 3.05) is 5.32 Å². The first-order valence-electron chi connectivity index (χ1n) is 9.29. The van der Waals surface area contributed by atoms with Crippen LogP contribution in [-0.4, -0.2) is 16.2 Å². The van der Waals surface area contributed by atoms with Crippen LogP contribution in [0.2, 0.25) is 0 Å². The van der Waals surface area contributed by atoms with Crippen molar-refractivity contribution in [2.24, 2.45) is 11.8 Å². The second-order valence-electron chi connectivity index (χ2n) is 6.62. The van der Waals surface area contributed by atoms with Crippen LogP contribution >= 0.6 is 0 Å². The summed E-state index contributed by atoms with van der Waals surface area (Å²) >= 11 is 0. The zero-order chi connectivity index (χ0) is 20.4. The van der Waals surface area contributed by atoms with Gasteiger partial charge in [0.25, 0.3) is 0 Å². The molecule has 0 fully saturated rings. The molecule has 1 aromatic rings. The van der Waals surface area contributed by atoms with Crippen LogP contribution in [0.1, 0.15) is 45.2 Å². The molecular formula is C23H31NO3. The Morgan fingerprint density at radius 1 is 1.30 bits per heavy atom. The highest BCUT2D eigenvalue weighted by Crippen LogP contribution is 2.27. The van der Waals surface area contributed by atoms with E-state index in [9.17, 15) is 9.90 Å². The predicted octanol–water partition coefficient (Wildman–Crippen LogP) is 5.95. The van der Waals surface area contributed by atoms with E-state index in [-0.39, 0.29) is 12.3 Å². The van der Waals surface area contributed by atoms with E-state index in [1.165, 1.54) is 0 Å². The number of nitrogens with one attached hydrogen (secondary N) is 1. The Bertz CT molecular complexity index is 744. The molecule has 2 atom stereocenters. The minimum Gasteiger partial charge on any atom is -0.513 e. The third-order valence-corrected chi connectivity index (χ3v) is 4.66. The Morgan fingerprint density at radius 2 is 2.00 bits per heavy atom. The quantitative estimate of drug-likeness (QED) is 0.271. The molecule has 0 amide bonds. The number of hydrogen-bond donors (Lipinski definition) is 3. The topological polar surface area (TPSA) is 69.6 Å². The van der Waals surface area contributed by atoms with E-state index in [4.69, 9.17) is 5.11 Å². The average Bonchev–Trinajstić information content (AvgIpc) is 2.65. The molecular weight excluding hydrogens is 338 g/mol. The van der Waals surface area contributed by atoms with Crippen molar-refractivity contribution in [1.29, 1.82) is 0 Å². The molecule has 4 heteroatoms. The predicted molar refractivity (Wildman–Crippen MR) is 114 cm³/mol. The van der Waals surface area contributed by atoms with Gasteiger partial charge in [0.15, 0.2) is 0 Å². The van der Waals surface area contributed by atoms with Gasteiger partial charge in [-0.2, -0.15) is 0 Å². The Labute approximate surface area is 162 Å². The minimum absolute atomic E-state index is 0.0578. The molecule has 0 aliphatic rings. The molecule has 0 saturated heterocycles. The van der Waals surface area contributed by atoms with Gasteiger partial charge in [-0.3, -0.25) is 4.79 Å². The Kier molecular flexibility index (Phi) is 9.14. The van der Waals surface area contributed by atoms with Gasteiger partial charge in [-0.15, -0.1) is 6.58 Å². The van der Waals surface area contributed by atoms with Crippen LogP contribution in [0.4, 0.5) is 5.69 Å². The molecule has 146 valence electrons. The highest BCUT2D eigenvalue weighted by Gasteiger charge is 2.13. The first kappa shape index (κ1) is 22.3. The fraction of sp³-hybridized carbons (Fsp3) is 0.348. The third-order valence-electron chi connectivity index (χ3n) is 4.66. The molecule has 0 bridgehead atoms. The lowest BCUT2D eigenvalue weighted by atomic mass is 9.92. The fourth-order valence-electron chi connectivity index (χ4n) is 2.82. The van der Waals surface area contributed by atoms with Gasteiger partial charge in [-0.1, -0.05) is 57.2 Å². The molecule has 2 unspecified atom stereocenters. The molecule has 0 spiro atoms. The first-order valence-corrected chi connectivity index (χ1v) is 9.29. The summed E-state index contributed by atoms with van der Waals surface area (Å²) in [5.41, 5.74) is 3.90. The minimum atomic E-state index is -0.878. The van der Waals surface area contributed by atoms with Crippen LogP contribution < -0.4 is 5.32 Å². The molecule has 0 saturated carbocycles. The van der Waals surface area contributed by atoms with Gasteiger partial charge < -0.3 is 15.5 Å². The zero-order valence-corrected chi connectivity index (χ0v) is 16.7. The summed E-state index contributed by atoms with van der Waals surface area (Å²) in [7, 11) is 0. The van der Waals surface area contributed by atoms with E-state index in [2.05, 4.69) is 31.8 Å². The van der Waals surface area contributed by atoms with Gasteiger partial charge in [-0.25, -0.2) is 0 Å². The van der Waals surface area contributed by atoms with E-state index in [1.807, 2.05) is 44.2 Å². The number of rotatable bonds is 10. The summed E-state index contributed by atoms with van der Waals surface area (Å²) in [6.07, 6.45) is 9.58. The Morgan fingerprint density at radius 3 is 2.52 bits per heavy atom. The largest absolute Gasteiger partial charge is 0.513 e. The maximum Gasteiger partial charge on any atom is 0.307 e. The lowest BCUT2D eigenvalue weighted by molar-refractivity contribution is -0.136. The van der Waals surface area contributed by atoms with Gasteiger partial charge in [0.2, 0.25) is 0 Å². The number of aliphatic hydroxyl groups excluding tert-OH is 1. The molecule has 4 nitrogen and oxygen atoms in total. The number of anilines is 1. The second kappa shape index (κ2) is 11.1. The first-order chi connectivity index (χ1) is 12.9. The van der Waals surface area contributed by atoms with Crippen LogP contribution in [0.25, 0.3) is 6.08 Å². The van der Waals surface area contributed by atoms with Crippen molar-refractivity contribution in [3.63, 3.8) is 0 Å². The second-order valence-corrected chi connectivity index (χ2v) is 6.62. The van der Waals surface area contributed by atoms with Crippen LogP contribution in [-0.2, 0) is 11.2 Å². The number of aliphatic carboxylic acids is 1. The molecule has 0 heterocycles. The maximum absolute atomic E-state index is 11.2. The lowest BCUT2D eigenvalue weighted by Gasteiger charge is -2.19. The number of hydrogen-bond acceptors (Lipinski definition) is 3. The van der Waals surface area contributed by atoms with E-state index >= 15 is 0 Å². The third kappa shape index (κ3) is 6.48.